The molecule has 1 N–H and O–H groups in total. The summed E-state index contributed by atoms with van der Waals surface area (Å²) in [6.07, 6.45) is 1.14. The van der Waals surface area contributed by atoms with Gasteiger partial charge in [0.25, 0.3) is 11.6 Å². The molecule has 1 fully saturated rings. The second-order valence-electron chi connectivity index (χ2n) is 7.91. The van der Waals surface area contributed by atoms with Crippen LogP contribution in [0.25, 0.3) is 0 Å². The summed E-state index contributed by atoms with van der Waals surface area (Å²) >= 11 is 0. The Bertz CT molecular complexity index is 976. The Morgan fingerprint density at radius 2 is 1.87 bits per heavy atom. The lowest BCUT2D eigenvalue weighted by Gasteiger charge is -2.22. The summed E-state index contributed by atoms with van der Waals surface area (Å²) in [5.41, 5.74) is 2.96. The first-order valence-corrected chi connectivity index (χ1v) is 10.5. The molecular weight excluding hydrogens is 396 g/mol. The van der Waals surface area contributed by atoms with Crippen LogP contribution in [0.4, 0.5) is 11.4 Å². The van der Waals surface area contributed by atoms with Crippen molar-refractivity contribution < 1.29 is 14.5 Å². The van der Waals surface area contributed by atoms with Gasteiger partial charge >= 0.3 is 0 Å². The van der Waals surface area contributed by atoms with E-state index < -0.39 is 4.92 Å². The Kier molecular flexibility index (Phi) is 7.36. The van der Waals surface area contributed by atoms with E-state index in [0.29, 0.717) is 37.4 Å². The zero-order valence-electron chi connectivity index (χ0n) is 18.0. The summed E-state index contributed by atoms with van der Waals surface area (Å²) in [6.45, 7) is 7.20. The second-order valence-corrected chi connectivity index (χ2v) is 7.91. The molecule has 1 aliphatic rings. The summed E-state index contributed by atoms with van der Waals surface area (Å²) in [5.74, 6) is -0.134. The van der Waals surface area contributed by atoms with Crippen molar-refractivity contribution in [3.8, 4) is 0 Å². The van der Waals surface area contributed by atoms with Gasteiger partial charge in [0.05, 0.1) is 10.6 Å². The molecular formula is C23H28N4O4. The van der Waals surface area contributed by atoms with E-state index in [1.54, 1.807) is 13.0 Å². The van der Waals surface area contributed by atoms with Gasteiger partial charge in [-0.1, -0.05) is 23.8 Å². The Morgan fingerprint density at radius 3 is 2.61 bits per heavy atom. The van der Waals surface area contributed by atoms with Gasteiger partial charge in [0.1, 0.15) is 0 Å². The van der Waals surface area contributed by atoms with Crippen molar-refractivity contribution in [1.82, 2.24) is 9.80 Å². The molecule has 164 valence electrons. The Hall–Kier alpha value is -3.26. The van der Waals surface area contributed by atoms with Crippen LogP contribution in [0.1, 0.15) is 34.3 Å². The molecule has 2 aromatic rings. The first-order chi connectivity index (χ1) is 14.8. The lowest BCUT2D eigenvalue weighted by molar-refractivity contribution is -0.384. The molecule has 3 rings (SSSR count). The van der Waals surface area contributed by atoms with Crippen LogP contribution in [0.3, 0.4) is 0 Å². The molecule has 8 nitrogen and oxygen atoms in total. The van der Waals surface area contributed by atoms with E-state index in [1.807, 2.05) is 36.1 Å². The van der Waals surface area contributed by atoms with Gasteiger partial charge in [-0.3, -0.25) is 19.7 Å². The van der Waals surface area contributed by atoms with Crippen LogP contribution in [0.15, 0.2) is 42.5 Å². The van der Waals surface area contributed by atoms with Gasteiger partial charge in [0.2, 0.25) is 5.91 Å². The van der Waals surface area contributed by atoms with Crippen molar-refractivity contribution in [3.63, 3.8) is 0 Å². The predicted molar refractivity (Wildman–Crippen MR) is 119 cm³/mol. The number of nitro groups is 1. The fourth-order valence-corrected chi connectivity index (χ4v) is 3.69. The van der Waals surface area contributed by atoms with Crippen molar-refractivity contribution in [2.24, 2.45) is 0 Å². The molecule has 2 amide bonds. The van der Waals surface area contributed by atoms with Gasteiger partial charge < -0.3 is 15.1 Å². The summed E-state index contributed by atoms with van der Waals surface area (Å²) in [4.78, 5) is 39.7. The Morgan fingerprint density at radius 1 is 1.06 bits per heavy atom. The molecule has 0 aliphatic carbocycles. The largest absolute Gasteiger partial charge is 0.337 e. The van der Waals surface area contributed by atoms with E-state index in [4.69, 9.17) is 0 Å². The number of hydrogen-bond acceptors (Lipinski definition) is 5. The van der Waals surface area contributed by atoms with Crippen LogP contribution in [0, 0.1) is 24.0 Å². The molecule has 0 radical (unpaired) electrons. The molecule has 0 aromatic heterocycles. The molecule has 1 saturated heterocycles. The van der Waals surface area contributed by atoms with Crippen molar-refractivity contribution in [3.05, 3.63) is 69.3 Å². The minimum absolute atomic E-state index is 0.0458. The van der Waals surface area contributed by atoms with E-state index in [0.717, 1.165) is 24.1 Å². The van der Waals surface area contributed by atoms with Gasteiger partial charge in [-0.05, 0) is 44.5 Å². The van der Waals surface area contributed by atoms with Crippen LogP contribution in [0.5, 0.6) is 0 Å². The molecule has 0 saturated carbocycles. The van der Waals surface area contributed by atoms with Crippen LogP contribution >= 0.6 is 0 Å². The van der Waals surface area contributed by atoms with E-state index in [9.17, 15) is 19.7 Å². The summed E-state index contributed by atoms with van der Waals surface area (Å²) < 4.78 is 0. The smallest absolute Gasteiger partial charge is 0.271 e. The molecule has 0 unspecified atom stereocenters. The highest BCUT2D eigenvalue weighted by Gasteiger charge is 2.21. The predicted octanol–water partition coefficient (Wildman–Crippen LogP) is 3.39. The minimum atomic E-state index is -0.476. The number of rotatable bonds is 6. The maximum absolute atomic E-state index is 12.8. The zero-order valence-corrected chi connectivity index (χ0v) is 18.0. The third-order valence-corrected chi connectivity index (χ3v) is 5.50. The molecule has 0 bridgehead atoms. The van der Waals surface area contributed by atoms with Gasteiger partial charge in [-0.15, -0.1) is 0 Å². The quantitative estimate of drug-likeness (QED) is 0.566. The third kappa shape index (κ3) is 6.11. The van der Waals surface area contributed by atoms with Crippen molar-refractivity contribution in [2.45, 2.75) is 26.7 Å². The maximum Gasteiger partial charge on any atom is 0.271 e. The topological polar surface area (TPSA) is 95.8 Å². The molecule has 8 heteroatoms. The summed E-state index contributed by atoms with van der Waals surface area (Å²) in [7, 11) is 0. The summed E-state index contributed by atoms with van der Waals surface area (Å²) in [5, 5.41) is 13.7. The average molecular weight is 425 g/mol. The number of nitrogens with zero attached hydrogens (tertiary/aromatic N) is 3. The number of anilines is 1. The highest BCUT2D eigenvalue weighted by molar-refractivity contribution is 5.94. The molecule has 2 aromatic carbocycles. The SMILES string of the molecule is Cc1cccc(C(=O)N2CCCN(CCC(=O)Nc3cc([N+](=O)[O-])ccc3C)CC2)c1. The van der Waals surface area contributed by atoms with E-state index in [1.165, 1.54) is 12.1 Å². The first kappa shape index (κ1) is 22.4. The number of carbonyl (C=O) groups is 2. The molecule has 1 aliphatic heterocycles. The number of nitro benzene ring substituents is 1. The molecule has 31 heavy (non-hydrogen) atoms. The van der Waals surface area contributed by atoms with Crippen LogP contribution < -0.4 is 5.32 Å². The van der Waals surface area contributed by atoms with Gasteiger partial charge in [-0.2, -0.15) is 0 Å². The fraction of sp³-hybridized carbons (Fsp3) is 0.391. The number of benzene rings is 2. The standard InChI is InChI=1S/C23H28N4O4/c1-17-5-3-6-19(15-17)23(29)26-11-4-10-25(13-14-26)12-9-22(28)24-21-16-20(27(30)31)8-7-18(21)2/h3,5-8,15-16H,4,9-14H2,1-2H3,(H,24,28). The maximum atomic E-state index is 12.8. The zero-order chi connectivity index (χ0) is 22.4. The monoisotopic (exact) mass is 424 g/mol. The average Bonchev–Trinajstić information content (AvgIpc) is 2.99. The van der Waals surface area contributed by atoms with Gasteiger partial charge in [0, 0.05) is 50.3 Å². The van der Waals surface area contributed by atoms with E-state index in [-0.39, 0.29) is 23.9 Å². The lowest BCUT2D eigenvalue weighted by atomic mass is 10.1. The summed E-state index contributed by atoms with van der Waals surface area (Å²) in [6, 6.07) is 12.1. The lowest BCUT2D eigenvalue weighted by Crippen LogP contribution is -2.36. The van der Waals surface area contributed by atoms with Crippen LogP contribution in [0.2, 0.25) is 0 Å². The van der Waals surface area contributed by atoms with Crippen LogP contribution in [-0.4, -0.2) is 59.3 Å². The highest BCUT2D eigenvalue weighted by atomic mass is 16.6. The van der Waals surface area contributed by atoms with Crippen molar-refractivity contribution in [1.29, 1.82) is 0 Å². The molecule has 1 heterocycles. The molecule has 0 spiro atoms. The van der Waals surface area contributed by atoms with Gasteiger partial charge in [0.15, 0.2) is 0 Å². The second kappa shape index (κ2) is 10.2. The molecule has 0 atom stereocenters. The Labute approximate surface area is 182 Å². The van der Waals surface area contributed by atoms with Crippen LogP contribution in [-0.2, 0) is 4.79 Å². The number of carbonyl (C=O) groups excluding carboxylic acids is 2. The highest BCUT2D eigenvalue weighted by Crippen LogP contribution is 2.22. The van der Waals surface area contributed by atoms with E-state index >= 15 is 0 Å². The number of aryl methyl sites for hydroxylation is 2. The number of nitrogens with one attached hydrogen (secondary N) is 1. The number of non-ortho nitro benzene ring substituents is 1. The first-order valence-electron chi connectivity index (χ1n) is 10.5. The number of hydrogen-bond donors (Lipinski definition) is 1. The number of amides is 2. The normalized spacial score (nSPS) is 14.7. The Balaban J connectivity index is 1.50. The van der Waals surface area contributed by atoms with Gasteiger partial charge in [-0.25, -0.2) is 0 Å². The minimum Gasteiger partial charge on any atom is -0.337 e. The fourth-order valence-electron chi connectivity index (χ4n) is 3.69. The van der Waals surface area contributed by atoms with Crippen molar-refractivity contribution >= 4 is 23.2 Å². The third-order valence-electron chi connectivity index (χ3n) is 5.50. The van der Waals surface area contributed by atoms with E-state index in [2.05, 4.69) is 10.2 Å². The van der Waals surface area contributed by atoms with Crippen molar-refractivity contribution in [2.75, 3.05) is 38.0 Å².